The van der Waals surface area contributed by atoms with Crippen LogP contribution >= 0.6 is 11.6 Å². The minimum Gasteiger partial charge on any atom is -0.465 e. The zero-order valence-electron chi connectivity index (χ0n) is 12.6. The number of carbonyl (C=O) groups excluding carboxylic acids is 2. The van der Waals surface area contributed by atoms with Gasteiger partial charge in [0.25, 0.3) is 0 Å². The predicted octanol–water partition coefficient (Wildman–Crippen LogP) is 3.43. The number of amides is 1. The average Bonchev–Trinajstić information content (AvgIpc) is 2.39. The number of hydrogen-bond donors (Lipinski definition) is 1. The first-order chi connectivity index (χ1) is 10.1. The molecule has 0 aliphatic rings. The third kappa shape index (κ3) is 4.56. The SMILES string of the molecule is COC(=O)c1cc(F)c(CNC(=O)OC(C)(C)C)c(Cl)c1F. The normalized spacial score (nSPS) is 11.0. The molecular weight excluding hydrogens is 320 g/mol. The van der Waals surface area contributed by atoms with E-state index in [1.165, 1.54) is 0 Å². The molecule has 0 spiro atoms. The van der Waals surface area contributed by atoms with Crippen molar-refractivity contribution < 1.29 is 27.8 Å². The number of ether oxygens (including phenoxy) is 2. The fraction of sp³-hybridized carbons (Fsp3) is 0.429. The molecule has 122 valence electrons. The largest absolute Gasteiger partial charge is 0.465 e. The maximum absolute atomic E-state index is 13.9. The summed E-state index contributed by atoms with van der Waals surface area (Å²) in [6.45, 7) is 4.58. The summed E-state index contributed by atoms with van der Waals surface area (Å²) in [6.07, 6.45) is -0.805. The van der Waals surface area contributed by atoms with Gasteiger partial charge in [-0.1, -0.05) is 11.6 Å². The van der Waals surface area contributed by atoms with Crippen LogP contribution in [-0.2, 0) is 16.0 Å². The van der Waals surface area contributed by atoms with Gasteiger partial charge in [0.05, 0.1) is 24.2 Å². The molecule has 0 heterocycles. The van der Waals surface area contributed by atoms with E-state index in [0.29, 0.717) is 6.07 Å². The van der Waals surface area contributed by atoms with Gasteiger partial charge in [-0.15, -0.1) is 0 Å². The molecule has 0 aliphatic heterocycles. The molecule has 0 saturated carbocycles. The summed E-state index contributed by atoms with van der Waals surface area (Å²) < 4.78 is 37.1. The van der Waals surface area contributed by atoms with Crippen LogP contribution in [0.25, 0.3) is 0 Å². The van der Waals surface area contributed by atoms with Gasteiger partial charge >= 0.3 is 12.1 Å². The standard InChI is InChI=1S/C14H16ClF2NO4/c1-14(2,3)22-13(20)18-6-8-9(16)5-7(12(19)21-4)11(17)10(8)15/h5H,6H2,1-4H3,(H,18,20). The second-order valence-corrected chi connectivity index (χ2v) is 5.74. The Hall–Kier alpha value is -1.89. The molecule has 22 heavy (non-hydrogen) atoms. The van der Waals surface area contributed by atoms with Gasteiger partial charge in [-0.2, -0.15) is 0 Å². The van der Waals surface area contributed by atoms with Crippen molar-refractivity contribution in [3.05, 3.63) is 33.9 Å². The number of hydrogen-bond acceptors (Lipinski definition) is 4. The van der Waals surface area contributed by atoms with E-state index in [2.05, 4.69) is 10.1 Å². The third-order valence-corrected chi connectivity index (χ3v) is 2.86. The van der Waals surface area contributed by atoms with Crippen molar-refractivity contribution in [3.8, 4) is 0 Å². The summed E-state index contributed by atoms with van der Waals surface area (Å²) in [5.74, 6) is -3.11. The molecule has 1 N–H and O–H groups in total. The molecule has 1 aromatic carbocycles. The molecule has 0 aromatic heterocycles. The first kappa shape index (κ1) is 18.2. The highest BCUT2D eigenvalue weighted by molar-refractivity contribution is 6.32. The molecule has 8 heteroatoms. The molecule has 0 atom stereocenters. The Labute approximate surface area is 131 Å². The molecule has 0 fully saturated rings. The molecule has 1 rings (SSSR count). The van der Waals surface area contributed by atoms with Crippen LogP contribution in [-0.4, -0.2) is 24.8 Å². The van der Waals surface area contributed by atoms with Gasteiger partial charge in [0.2, 0.25) is 0 Å². The Balaban J connectivity index is 2.96. The maximum atomic E-state index is 13.9. The molecule has 0 unspecified atom stereocenters. The van der Waals surface area contributed by atoms with Gasteiger partial charge in [0.1, 0.15) is 11.4 Å². The van der Waals surface area contributed by atoms with Crippen LogP contribution < -0.4 is 5.32 Å². The molecule has 5 nitrogen and oxygen atoms in total. The number of nitrogens with one attached hydrogen (secondary N) is 1. The van der Waals surface area contributed by atoms with Crippen molar-refractivity contribution in [2.75, 3.05) is 7.11 Å². The number of methoxy groups -OCH3 is 1. The van der Waals surface area contributed by atoms with E-state index in [0.717, 1.165) is 7.11 Å². The zero-order chi connectivity index (χ0) is 17.1. The molecule has 1 aromatic rings. The smallest absolute Gasteiger partial charge is 0.407 e. The summed E-state index contributed by atoms with van der Waals surface area (Å²) in [4.78, 5) is 22.8. The lowest BCUT2D eigenvalue weighted by atomic mass is 10.1. The van der Waals surface area contributed by atoms with Crippen molar-refractivity contribution in [1.82, 2.24) is 5.32 Å². The highest BCUT2D eigenvalue weighted by atomic mass is 35.5. The minimum atomic E-state index is -1.11. The molecular formula is C14H16ClF2NO4. The Morgan fingerprint density at radius 2 is 1.91 bits per heavy atom. The van der Waals surface area contributed by atoms with Crippen LogP contribution in [0.5, 0.6) is 0 Å². The monoisotopic (exact) mass is 335 g/mol. The summed E-state index contributed by atoms with van der Waals surface area (Å²) >= 11 is 5.71. The highest BCUT2D eigenvalue weighted by Crippen LogP contribution is 2.26. The molecule has 1 amide bonds. The van der Waals surface area contributed by atoms with Crippen LogP contribution in [0.15, 0.2) is 6.07 Å². The fourth-order valence-corrected chi connectivity index (χ4v) is 1.79. The number of alkyl carbamates (subject to hydrolysis) is 1. The lowest BCUT2D eigenvalue weighted by Gasteiger charge is -2.20. The van der Waals surface area contributed by atoms with E-state index >= 15 is 0 Å². The Bertz CT molecular complexity index is 599. The fourth-order valence-electron chi connectivity index (χ4n) is 1.53. The molecule has 0 radical (unpaired) electrons. The Morgan fingerprint density at radius 1 is 1.32 bits per heavy atom. The van der Waals surface area contributed by atoms with E-state index in [1.807, 2.05) is 0 Å². The summed E-state index contributed by atoms with van der Waals surface area (Å²) in [5, 5.41) is 1.66. The topological polar surface area (TPSA) is 64.6 Å². The summed E-state index contributed by atoms with van der Waals surface area (Å²) in [6, 6.07) is 0.666. The lowest BCUT2D eigenvalue weighted by molar-refractivity contribution is 0.0521. The number of carbonyl (C=O) groups is 2. The average molecular weight is 336 g/mol. The Kier molecular flexibility index (Phi) is 5.71. The number of benzene rings is 1. The predicted molar refractivity (Wildman–Crippen MR) is 75.8 cm³/mol. The van der Waals surface area contributed by atoms with Crippen molar-refractivity contribution in [2.24, 2.45) is 0 Å². The Morgan fingerprint density at radius 3 is 2.41 bits per heavy atom. The molecule has 0 bridgehead atoms. The van der Waals surface area contributed by atoms with Gasteiger partial charge < -0.3 is 14.8 Å². The highest BCUT2D eigenvalue weighted by Gasteiger charge is 2.23. The van der Waals surface area contributed by atoms with Crippen molar-refractivity contribution in [1.29, 1.82) is 0 Å². The van der Waals surface area contributed by atoms with E-state index in [-0.39, 0.29) is 5.56 Å². The zero-order valence-corrected chi connectivity index (χ0v) is 13.3. The third-order valence-electron chi connectivity index (χ3n) is 2.47. The minimum absolute atomic E-state index is 0.294. The van der Waals surface area contributed by atoms with E-state index in [9.17, 15) is 18.4 Å². The van der Waals surface area contributed by atoms with E-state index in [1.54, 1.807) is 20.8 Å². The van der Waals surface area contributed by atoms with Crippen molar-refractivity contribution >= 4 is 23.7 Å². The van der Waals surface area contributed by atoms with Crippen molar-refractivity contribution in [3.63, 3.8) is 0 Å². The van der Waals surface area contributed by atoms with Gasteiger partial charge in [0, 0.05) is 5.56 Å². The van der Waals surface area contributed by atoms with E-state index < -0.39 is 46.4 Å². The summed E-state index contributed by atoms with van der Waals surface area (Å²) in [5.41, 5.74) is -1.64. The van der Waals surface area contributed by atoms with Crippen LogP contribution in [0, 0.1) is 11.6 Å². The first-order valence-corrected chi connectivity index (χ1v) is 6.66. The van der Waals surface area contributed by atoms with Gasteiger partial charge in [-0.3, -0.25) is 0 Å². The lowest BCUT2D eigenvalue weighted by Crippen LogP contribution is -2.32. The van der Waals surface area contributed by atoms with Gasteiger partial charge in [-0.25, -0.2) is 18.4 Å². The second-order valence-electron chi connectivity index (χ2n) is 5.36. The van der Waals surface area contributed by atoms with Gasteiger partial charge in [-0.05, 0) is 26.8 Å². The van der Waals surface area contributed by atoms with Crippen LogP contribution in [0.1, 0.15) is 36.7 Å². The second kappa shape index (κ2) is 6.91. The first-order valence-electron chi connectivity index (χ1n) is 6.28. The quantitative estimate of drug-likeness (QED) is 0.679. The van der Waals surface area contributed by atoms with Crippen LogP contribution in [0.4, 0.5) is 13.6 Å². The number of esters is 1. The molecule has 0 aliphatic carbocycles. The summed E-state index contributed by atoms with van der Waals surface area (Å²) in [7, 11) is 1.03. The number of rotatable bonds is 3. The van der Waals surface area contributed by atoms with Gasteiger partial charge in [0.15, 0.2) is 5.82 Å². The number of halogens is 3. The maximum Gasteiger partial charge on any atom is 0.407 e. The van der Waals surface area contributed by atoms with Crippen LogP contribution in [0.2, 0.25) is 5.02 Å². The van der Waals surface area contributed by atoms with Crippen molar-refractivity contribution in [2.45, 2.75) is 32.9 Å². The van der Waals surface area contributed by atoms with E-state index in [4.69, 9.17) is 16.3 Å². The molecule has 0 saturated heterocycles. The van der Waals surface area contributed by atoms with Crippen LogP contribution in [0.3, 0.4) is 0 Å².